The Hall–Kier alpha value is -3.23. The highest BCUT2D eigenvalue weighted by molar-refractivity contribution is 7.92. The molecule has 0 unspecified atom stereocenters. The summed E-state index contributed by atoms with van der Waals surface area (Å²) >= 11 is 6.18. The fourth-order valence-electron chi connectivity index (χ4n) is 3.45. The topological polar surface area (TPSA) is 93.7 Å². The minimum atomic E-state index is -4.01. The first-order chi connectivity index (χ1) is 15.7. The summed E-state index contributed by atoms with van der Waals surface area (Å²) in [6, 6.07) is 16.8. The monoisotopic (exact) mass is 486 g/mol. The zero-order valence-electron chi connectivity index (χ0n) is 18.1. The van der Waals surface area contributed by atoms with Crippen LogP contribution in [0.3, 0.4) is 0 Å². The second-order valence-corrected chi connectivity index (χ2v) is 9.83. The second kappa shape index (κ2) is 9.33. The molecule has 0 bridgehead atoms. The number of ether oxygens (including phenoxy) is 2. The molecule has 0 spiro atoms. The molecule has 0 saturated heterocycles. The van der Waals surface area contributed by atoms with Gasteiger partial charge in [0.15, 0.2) is 11.5 Å². The van der Waals surface area contributed by atoms with Crippen LogP contribution >= 0.6 is 11.6 Å². The van der Waals surface area contributed by atoms with Crippen molar-refractivity contribution in [3.8, 4) is 11.5 Å². The number of fused-ring (bicyclic) bond motifs is 1. The maximum Gasteiger partial charge on any atom is 0.263 e. The summed E-state index contributed by atoms with van der Waals surface area (Å²) in [5.41, 5.74) is 2.40. The molecule has 1 atom stereocenters. The van der Waals surface area contributed by atoms with Gasteiger partial charge in [-0.2, -0.15) is 0 Å². The molecule has 7 nitrogen and oxygen atoms in total. The van der Waals surface area contributed by atoms with Crippen molar-refractivity contribution in [3.63, 3.8) is 0 Å². The number of para-hydroxylation sites is 2. The van der Waals surface area contributed by atoms with E-state index in [1.54, 1.807) is 12.1 Å². The first-order valence-corrected chi connectivity index (χ1v) is 12.2. The van der Waals surface area contributed by atoms with Crippen molar-refractivity contribution in [1.82, 2.24) is 5.32 Å². The summed E-state index contributed by atoms with van der Waals surface area (Å²) in [6.07, 6.45) is -0.370. The van der Waals surface area contributed by atoms with Gasteiger partial charge in [0.05, 0.1) is 17.3 Å². The SMILES string of the molecule is Cc1ccc(NS(=O)(=O)c2cc(C(=O)NC[C@H]3COc4ccccc4O3)ccc2Cl)c(C)c1. The molecule has 3 aromatic carbocycles. The third kappa shape index (κ3) is 5.23. The van der Waals surface area contributed by atoms with E-state index in [0.717, 1.165) is 11.1 Å². The fraction of sp³-hybridized carbons (Fsp3) is 0.208. The molecule has 0 saturated carbocycles. The molecule has 0 radical (unpaired) electrons. The number of carbonyl (C=O) groups excluding carboxylic acids is 1. The summed E-state index contributed by atoms with van der Waals surface area (Å²) in [5.74, 6) is 0.821. The van der Waals surface area contributed by atoms with Crippen molar-refractivity contribution >= 4 is 33.2 Å². The first-order valence-electron chi connectivity index (χ1n) is 10.3. The molecule has 2 N–H and O–H groups in total. The van der Waals surface area contributed by atoms with E-state index in [1.165, 1.54) is 18.2 Å². The number of amides is 1. The Morgan fingerprint density at radius 2 is 1.82 bits per heavy atom. The lowest BCUT2D eigenvalue weighted by atomic mass is 10.1. The standard InChI is InChI=1S/C24H23ClN2O5S/c1-15-7-10-20(16(2)11-15)27-33(29,30)23-12-17(8-9-19(23)25)24(28)26-13-18-14-31-21-5-3-4-6-22(21)32-18/h3-12,18,27H,13-14H2,1-2H3,(H,26,28)/t18-/m0/s1. The second-order valence-electron chi connectivity index (χ2n) is 7.78. The minimum Gasteiger partial charge on any atom is -0.486 e. The highest BCUT2D eigenvalue weighted by Gasteiger charge is 2.23. The van der Waals surface area contributed by atoms with Gasteiger partial charge in [0.2, 0.25) is 0 Å². The predicted octanol–water partition coefficient (Wildman–Crippen LogP) is 4.33. The van der Waals surface area contributed by atoms with Crippen molar-refractivity contribution in [3.05, 3.63) is 82.4 Å². The van der Waals surface area contributed by atoms with Crippen LogP contribution in [0.2, 0.25) is 5.02 Å². The largest absolute Gasteiger partial charge is 0.486 e. The molecule has 1 aliphatic rings. The molecule has 0 fully saturated rings. The fourth-order valence-corrected chi connectivity index (χ4v) is 5.11. The molecule has 0 aliphatic carbocycles. The van der Waals surface area contributed by atoms with Gasteiger partial charge in [-0.1, -0.05) is 41.4 Å². The maximum absolute atomic E-state index is 13.0. The van der Waals surface area contributed by atoms with Crippen molar-refractivity contribution in [2.24, 2.45) is 0 Å². The molecule has 9 heteroatoms. The summed E-state index contributed by atoms with van der Waals surface area (Å²) < 4.78 is 40.0. The van der Waals surface area contributed by atoms with E-state index < -0.39 is 15.9 Å². The molecule has 1 aliphatic heterocycles. The third-order valence-corrected chi connectivity index (χ3v) is 7.01. The lowest BCUT2D eigenvalue weighted by molar-refractivity contribution is 0.0789. The van der Waals surface area contributed by atoms with Crippen molar-refractivity contribution in [2.75, 3.05) is 17.9 Å². The molecule has 1 amide bonds. The minimum absolute atomic E-state index is 0.0180. The summed E-state index contributed by atoms with van der Waals surface area (Å²) in [5, 5.41) is 2.78. The first kappa shape index (κ1) is 22.9. The lowest BCUT2D eigenvalue weighted by Gasteiger charge is -2.26. The van der Waals surface area contributed by atoms with Crippen LogP contribution in [0.15, 0.2) is 65.6 Å². The van der Waals surface area contributed by atoms with Crippen LogP contribution in [0.4, 0.5) is 5.69 Å². The van der Waals surface area contributed by atoms with Crippen LogP contribution in [0, 0.1) is 13.8 Å². The molecule has 1 heterocycles. The number of nitrogens with one attached hydrogen (secondary N) is 2. The van der Waals surface area contributed by atoms with Crippen molar-refractivity contribution in [2.45, 2.75) is 24.8 Å². The highest BCUT2D eigenvalue weighted by atomic mass is 35.5. The van der Waals surface area contributed by atoms with Gasteiger partial charge >= 0.3 is 0 Å². The normalized spacial score (nSPS) is 15.1. The molecular formula is C24H23ClN2O5S. The Labute approximate surface area is 197 Å². The van der Waals surface area contributed by atoms with Gasteiger partial charge < -0.3 is 14.8 Å². The summed E-state index contributed by atoms with van der Waals surface area (Å²) in [4.78, 5) is 12.5. The van der Waals surface area contributed by atoms with Crippen LogP contribution in [0.5, 0.6) is 11.5 Å². The van der Waals surface area contributed by atoms with Gasteiger partial charge in [-0.3, -0.25) is 9.52 Å². The molecular weight excluding hydrogens is 464 g/mol. The van der Waals surface area contributed by atoms with Gasteiger partial charge in [-0.05, 0) is 55.8 Å². The van der Waals surface area contributed by atoms with Crippen LogP contribution in [-0.2, 0) is 10.0 Å². The average Bonchev–Trinajstić information content (AvgIpc) is 2.79. The summed E-state index contributed by atoms with van der Waals surface area (Å²) in [6.45, 7) is 4.22. The van der Waals surface area contributed by atoms with Gasteiger partial charge in [0, 0.05) is 5.56 Å². The van der Waals surface area contributed by atoms with Crippen LogP contribution < -0.4 is 19.5 Å². The number of carbonyl (C=O) groups is 1. The van der Waals surface area contributed by atoms with E-state index in [1.807, 2.05) is 44.2 Å². The molecule has 172 valence electrons. The van der Waals surface area contributed by atoms with Crippen LogP contribution in [0.1, 0.15) is 21.5 Å². The zero-order chi connectivity index (χ0) is 23.6. The smallest absolute Gasteiger partial charge is 0.263 e. The number of hydrogen-bond acceptors (Lipinski definition) is 5. The Kier molecular flexibility index (Phi) is 6.49. The summed E-state index contributed by atoms with van der Waals surface area (Å²) in [7, 11) is -4.01. The maximum atomic E-state index is 13.0. The van der Waals surface area contributed by atoms with Crippen molar-refractivity contribution < 1.29 is 22.7 Å². The van der Waals surface area contributed by atoms with E-state index in [4.69, 9.17) is 21.1 Å². The van der Waals surface area contributed by atoms with E-state index in [-0.39, 0.29) is 34.7 Å². The van der Waals surface area contributed by atoms with Gasteiger partial charge in [0.1, 0.15) is 17.6 Å². The lowest BCUT2D eigenvalue weighted by Crippen LogP contribution is -2.40. The number of rotatable bonds is 6. The average molecular weight is 487 g/mol. The Balaban J connectivity index is 1.46. The Morgan fingerprint density at radius 1 is 1.06 bits per heavy atom. The van der Waals surface area contributed by atoms with Crippen LogP contribution in [-0.4, -0.2) is 33.6 Å². The van der Waals surface area contributed by atoms with E-state index >= 15 is 0 Å². The number of benzene rings is 3. The van der Waals surface area contributed by atoms with E-state index in [0.29, 0.717) is 17.2 Å². The number of halogens is 1. The molecule has 4 rings (SSSR count). The zero-order valence-corrected chi connectivity index (χ0v) is 19.7. The number of hydrogen-bond donors (Lipinski definition) is 2. The number of aryl methyl sites for hydroxylation is 2. The van der Waals surface area contributed by atoms with Gasteiger partial charge in [-0.25, -0.2) is 8.42 Å². The highest BCUT2D eigenvalue weighted by Crippen LogP contribution is 2.31. The number of anilines is 1. The molecule has 3 aromatic rings. The van der Waals surface area contributed by atoms with E-state index in [2.05, 4.69) is 10.0 Å². The van der Waals surface area contributed by atoms with Crippen molar-refractivity contribution in [1.29, 1.82) is 0 Å². The Bertz CT molecular complexity index is 1310. The van der Waals surface area contributed by atoms with Crippen LogP contribution in [0.25, 0.3) is 0 Å². The third-order valence-electron chi connectivity index (χ3n) is 5.17. The molecule has 33 heavy (non-hydrogen) atoms. The van der Waals surface area contributed by atoms with E-state index in [9.17, 15) is 13.2 Å². The number of sulfonamides is 1. The predicted molar refractivity (Wildman–Crippen MR) is 127 cm³/mol. The Morgan fingerprint density at radius 3 is 2.58 bits per heavy atom. The quantitative estimate of drug-likeness (QED) is 0.541. The molecule has 0 aromatic heterocycles. The van der Waals surface area contributed by atoms with Gasteiger partial charge in [0.25, 0.3) is 15.9 Å². The van der Waals surface area contributed by atoms with Gasteiger partial charge in [-0.15, -0.1) is 0 Å².